The Morgan fingerprint density at radius 2 is 2.05 bits per heavy atom. The number of hydrogen-bond donors (Lipinski definition) is 1. The molecule has 0 unspecified atom stereocenters. The Hall–Kier alpha value is -0.650. The predicted octanol–water partition coefficient (Wildman–Crippen LogP) is 1.03. The summed E-state index contributed by atoms with van der Waals surface area (Å²) in [4.78, 5) is 14.5. The van der Waals surface area contributed by atoms with Gasteiger partial charge in [-0.1, -0.05) is 13.8 Å². The molecule has 2 aliphatic rings. The van der Waals surface area contributed by atoms with E-state index in [1.54, 1.807) is 0 Å². The Bertz CT molecular complexity index is 297. The Labute approximate surface area is 122 Å². The first-order chi connectivity index (χ1) is 9.66. The van der Waals surface area contributed by atoms with Gasteiger partial charge in [0.05, 0.1) is 13.2 Å². The molecule has 2 fully saturated rings. The van der Waals surface area contributed by atoms with Gasteiger partial charge in [-0.25, -0.2) is 0 Å². The van der Waals surface area contributed by atoms with Crippen LogP contribution in [0.2, 0.25) is 0 Å². The Morgan fingerprint density at radius 1 is 1.30 bits per heavy atom. The van der Waals surface area contributed by atoms with Crippen LogP contribution in [0, 0.1) is 5.92 Å². The van der Waals surface area contributed by atoms with E-state index in [-0.39, 0.29) is 12.0 Å². The van der Waals surface area contributed by atoms with Gasteiger partial charge in [0.2, 0.25) is 5.91 Å². The SMILES string of the molecule is CC(C)C[C@H](CNC(=O)[C@@H]1CCCO1)N1CCOCC1. The summed E-state index contributed by atoms with van der Waals surface area (Å²) in [6.07, 6.45) is 2.74. The van der Waals surface area contributed by atoms with Crippen molar-refractivity contribution in [3.63, 3.8) is 0 Å². The van der Waals surface area contributed by atoms with E-state index in [4.69, 9.17) is 9.47 Å². The molecule has 0 aliphatic carbocycles. The maximum Gasteiger partial charge on any atom is 0.249 e. The first-order valence-electron chi connectivity index (χ1n) is 7.88. The van der Waals surface area contributed by atoms with Gasteiger partial charge >= 0.3 is 0 Å². The molecule has 2 heterocycles. The van der Waals surface area contributed by atoms with Crippen molar-refractivity contribution in [1.82, 2.24) is 10.2 Å². The van der Waals surface area contributed by atoms with Crippen LogP contribution in [0.3, 0.4) is 0 Å². The molecule has 0 spiro atoms. The summed E-state index contributed by atoms with van der Waals surface area (Å²) in [6, 6.07) is 0.407. The zero-order chi connectivity index (χ0) is 14.4. The van der Waals surface area contributed by atoms with Gasteiger partial charge in [-0.15, -0.1) is 0 Å². The summed E-state index contributed by atoms with van der Waals surface area (Å²) < 4.78 is 10.8. The number of amides is 1. The van der Waals surface area contributed by atoms with Crippen LogP contribution in [0.5, 0.6) is 0 Å². The molecule has 5 nitrogen and oxygen atoms in total. The number of ether oxygens (including phenoxy) is 2. The minimum absolute atomic E-state index is 0.0597. The van der Waals surface area contributed by atoms with E-state index in [0.717, 1.165) is 58.7 Å². The van der Waals surface area contributed by atoms with Crippen LogP contribution in [0.4, 0.5) is 0 Å². The smallest absolute Gasteiger partial charge is 0.249 e. The van der Waals surface area contributed by atoms with Gasteiger partial charge in [0.25, 0.3) is 0 Å². The number of nitrogens with zero attached hydrogens (tertiary/aromatic N) is 1. The lowest BCUT2D eigenvalue weighted by Gasteiger charge is -2.35. The number of hydrogen-bond acceptors (Lipinski definition) is 4. The van der Waals surface area contributed by atoms with E-state index < -0.39 is 0 Å². The van der Waals surface area contributed by atoms with E-state index in [9.17, 15) is 4.79 Å². The second-order valence-corrected chi connectivity index (χ2v) is 6.18. The number of morpholine rings is 1. The standard InChI is InChI=1S/C15H28N2O3/c1-12(2)10-13(17-5-8-19-9-6-17)11-16-15(18)14-4-3-7-20-14/h12-14H,3-11H2,1-2H3,(H,16,18)/t13-,14+/m1/s1. The van der Waals surface area contributed by atoms with Crippen molar-refractivity contribution in [2.45, 2.75) is 45.3 Å². The third-order valence-corrected chi connectivity index (χ3v) is 4.04. The molecule has 2 aliphatic heterocycles. The van der Waals surface area contributed by atoms with Gasteiger partial charge < -0.3 is 14.8 Å². The van der Waals surface area contributed by atoms with Crippen molar-refractivity contribution in [3.8, 4) is 0 Å². The molecule has 2 atom stereocenters. The maximum atomic E-state index is 12.0. The summed E-state index contributed by atoms with van der Waals surface area (Å²) in [5.74, 6) is 0.687. The monoisotopic (exact) mass is 284 g/mol. The second kappa shape index (κ2) is 7.96. The molecule has 0 aromatic carbocycles. The Kier molecular flexibility index (Phi) is 6.26. The van der Waals surface area contributed by atoms with Crippen molar-refractivity contribution in [2.24, 2.45) is 5.92 Å². The van der Waals surface area contributed by atoms with E-state index in [1.165, 1.54) is 0 Å². The first-order valence-corrected chi connectivity index (χ1v) is 7.88. The minimum Gasteiger partial charge on any atom is -0.379 e. The first kappa shape index (κ1) is 15.7. The van der Waals surface area contributed by atoms with Crippen molar-refractivity contribution in [3.05, 3.63) is 0 Å². The molecule has 0 aromatic rings. The largest absolute Gasteiger partial charge is 0.379 e. The van der Waals surface area contributed by atoms with Gasteiger partial charge in [-0.05, 0) is 25.2 Å². The molecule has 1 N–H and O–H groups in total. The predicted molar refractivity (Wildman–Crippen MR) is 77.6 cm³/mol. The van der Waals surface area contributed by atoms with Crippen molar-refractivity contribution in [2.75, 3.05) is 39.5 Å². The van der Waals surface area contributed by atoms with Crippen molar-refractivity contribution >= 4 is 5.91 Å². The summed E-state index contributed by atoms with van der Waals surface area (Å²) in [5, 5.41) is 3.08. The number of carbonyl (C=O) groups is 1. The third-order valence-electron chi connectivity index (χ3n) is 4.04. The molecule has 1 amide bonds. The molecular weight excluding hydrogens is 256 g/mol. The fourth-order valence-corrected chi connectivity index (χ4v) is 2.96. The third kappa shape index (κ3) is 4.72. The molecule has 0 aromatic heterocycles. The topological polar surface area (TPSA) is 50.8 Å². The Morgan fingerprint density at radius 3 is 2.65 bits per heavy atom. The molecule has 0 radical (unpaired) electrons. The summed E-state index contributed by atoms with van der Waals surface area (Å²) in [6.45, 7) is 9.43. The quantitative estimate of drug-likeness (QED) is 0.791. The zero-order valence-electron chi connectivity index (χ0n) is 12.8. The normalized spacial score (nSPS) is 25.9. The molecular formula is C15H28N2O3. The van der Waals surface area contributed by atoms with Gasteiger partial charge in [0.15, 0.2) is 0 Å². The molecule has 2 saturated heterocycles. The Balaban J connectivity index is 1.81. The lowest BCUT2D eigenvalue weighted by Crippen LogP contribution is -2.50. The second-order valence-electron chi connectivity index (χ2n) is 6.18. The van der Waals surface area contributed by atoms with Crippen LogP contribution in [0.15, 0.2) is 0 Å². The molecule has 0 bridgehead atoms. The maximum absolute atomic E-state index is 12.0. The van der Waals surface area contributed by atoms with Gasteiger partial charge in [0, 0.05) is 32.3 Å². The van der Waals surface area contributed by atoms with E-state index in [0.29, 0.717) is 12.0 Å². The summed E-state index contributed by atoms with van der Waals surface area (Å²) in [5.41, 5.74) is 0. The average Bonchev–Trinajstić information content (AvgIpc) is 2.98. The minimum atomic E-state index is -0.223. The van der Waals surface area contributed by atoms with Crippen molar-refractivity contribution in [1.29, 1.82) is 0 Å². The highest BCUT2D eigenvalue weighted by Gasteiger charge is 2.26. The molecule has 0 saturated carbocycles. The van der Waals surface area contributed by atoms with E-state index >= 15 is 0 Å². The van der Waals surface area contributed by atoms with Gasteiger partial charge in [-0.3, -0.25) is 9.69 Å². The zero-order valence-corrected chi connectivity index (χ0v) is 12.8. The van der Waals surface area contributed by atoms with Crippen LogP contribution in [0.1, 0.15) is 33.1 Å². The average molecular weight is 284 g/mol. The van der Waals surface area contributed by atoms with Crippen molar-refractivity contribution < 1.29 is 14.3 Å². The highest BCUT2D eigenvalue weighted by molar-refractivity contribution is 5.80. The van der Waals surface area contributed by atoms with Gasteiger partial charge in [-0.2, -0.15) is 0 Å². The number of carbonyl (C=O) groups excluding carboxylic acids is 1. The fourth-order valence-electron chi connectivity index (χ4n) is 2.96. The summed E-state index contributed by atoms with van der Waals surface area (Å²) >= 11 is 0. The highest BCUT2D eigenvalue weighted by atomic mass is 16.5. The summed E-state index contributed by atoms with van der Waals surface area (Å²) in [7, 11) is 0. The van der Waals surface area contributed by atoms with Gasteiger partial charge in [0.1, 0.15) is 6.10 Å². The van der Waals surface area contributed by atoms with Crippen LogP contribution < -0.4 is 5.32 Å². The number of nitrogens with one attached hydrogen (secondary N) is 1. The molecule has 5 heteroatoms. The molecule has 20 heavy (non-hydrogen) atoms. The van der Waals surface area contributed by atoms with Crippen LogP contribution >= 0.6 is 0 Å². The fraction of sp³-hybridized carbons (Fsp3) is 0.933. The molecule has 116 valence electrons. The van der Waals surface area contributed by atoms with E-state index in [1.807, 2.05) is 0 Å². The van der Waals surface area contributed by atoms with Crippen LogP contribution in [-0.2, 0) is 14.3 Å². The van der Waals surface area contributed by atoms with E-state index in [2.05, 4.69) is 24.1 Å². The highest BCUT2D eigenvalue weighted by Crippen LogP contribution is 2.14. The molecule has 2 rings (SSSR count). The van der Waals surface area contributed by atoms with Crippen LogP contribution in [0.25, 0.3) is 0 Å². The number of rotatable bonds is 6. The lowest BCUT2D eigenvalue weighted by atomic mass is 10.0. The van der Waals surface area contributed by atoms with Crippen LogP contribution in [-0.4, -0.2) is 62.4 Å². The lowest BCUT2D eigenvalue weighted by molar-refractivity contribution is -0.130.